The van der Waals surface area contributed by atoms with Crippen LogP contribution in [0.1, 0.15) is 0 Å². The number of carbonyl (C=O) groups excluding carboxylic acids is 2. The summed E-state index contributed by atoms with van der Waals surface area (Å²) in [4.78, 5) is 25.6. The van der Waals surface area contributed by atoms with E-state index in [9.17, 15) is 9.59 Å². The highest BCUT2D eigenvalue weighted by Crippen LogP contribution is 2.39. The van der Waals surface area contributed by atoms with Gasteiger partial charge in [0.05, 0.1) is 49.2 Å². The zero-order valence-corrected chi connectivity index (χ0v) is 14.7. The van der Waals surface area contributed by atoms with Crippen molar-refractivity contribution < 1.29 is 28.5 Å². The number of hydrogen-bond donors (Lipinski definition) is 0. The van der Waals surface area contributed by atoms with Crippen LogP contribution in [0.25, 0.3) is 0 Å². The van der Waals surface area contributed by atoms with Crippen molar-refractivity contribution in [2.45, 2.75) is 0 Å². The van der Waals surface area contributed by atoms with Crippen molar-refractivity contribution in [2.24, 2.45) is 0 Å². The molecule has 0 aromatic heterocycles. The van der Waals surface area contributed by atoms with Crippen LogP contribution in [0.5, 0.6) is 5.75 Å². The van der Waals surface area contributed by atoms with Crippen LogP contribution in [-0.2, 0) is 23.8 Å². The third-order valence-electron chi connectivity index (χ3n) is 3.35. The average Bonchev–Trinajstić information content (AvgIpc) is 2.61. The highest BCUT2D eigenvalue weighted by Gasteiger charge is 2.33. The number of nitrogens with zero attached hydrogens (tertiary/aromatic N) is 1. The molecule has 0 unspecified atom stereocenters. The SMILES string of the molecule is COC(=O)C1=C(C(=O)OC)N(c2cc(Cl)c(OC)cc2Cl)COC1. The number of methoxy groups -OCH3 is 3. The Hall–Kier alpha value is -1.96. The normalized spacial score (nSPS) is 14.5. The van der Waals surface area contributed by atoms with Gasteiger partial charge in [0.25, 0.3) is 0 Å². The molecule has 1 aromatic rings. The first-order valence-corrected chi connectivity index (χ1v) is 7.48. The number of carbonyl (C=O) groups is 2. The van der Waals surface area contributed by atoms with E-state index in [2.05, 4.69) is 0 Å². The molecule has 0 radical (unpaired) electrons. The maximum absolute atomic E-state index is 12.2. The summed E-state index contributed by atoms with van der Waals surface area (Å²) in [6.07, 6.45) is 0. The lowest BCUT2D eigenvalue weighted by Crippen LogP contribution is -2.39. The number of ether oxygens (including phenoxy) is 4. The van der Waals surface area contributed by atoms with E-state index in [1.54, 1.807) is 0 Å². The van der Waals surface area contributed by atoms with Crippen molar-refractivity contribution >= 4 is 40.8 Å². The molecule has 0 saturated heterocycles. The van der Waals surface area contributed by atoms with Crippen LogP contribution in [0, 0.1) is 0 Å². The van der Waals surface area contributed by atoms with Crippen LogP contribution < -0.4 is 9.64 Å². The van der Waals surface area contributed by atoms with E-state index in [-0.39, 0.29) is 34.7 Å². The molecule has 0 aliphatic carbocycles. The Balaban J connectivity index is 2.61. The molecule has 0 saturated carbocycles. The minimum Gasteiger partial charge on any atom is -0.495 e. The van der Waals surface area contributed by atoms with Gasteiger partial charge in [-0.15, -0.1) is 0 Å². The smallest absolute Gasteiger partial charge is 0.355 e. The second kappa shape index (κ2) is 7.74. The van der Waals surface area contributed by atoms with Gasteiger partial charge in [-0.25, -0.2) is 9.59 Å². The van der Waals surface area contributed by atoms with Gasteiger partial charge in [-0.05, 0) is 6.07 Å². The maximum atomic E-state index is 12.2. The molecule has 1 aliphatic heterocycles. The molecule has 24 heavy (non-hydrogen) atoms. The third kappa shape index (κ3) is 3.43. The summed E-state index contributed by atoms with van der Waals surface area (Å²) in [5.41, 5.74) is 0.376. The summed E-state index contributed by atoms with van der Waals surface area (Å²) in [5, 5.41) is 0.540. The number of hydrogen-bond acceptors (Lipinski definition) is 7. The van der Waals surface area contributed by atoms with Gasteiger partial charge in [0.2, 0.25) is 0 Å². The summed E-state index contributed by atoms with van der Waals surface area (Å²) in [6.45, 7) is -0.109. The minimum absolute atomic E-state index is 0.0151. The molecule has 0 bridgehead atoms. The summed E-state index contributed by atoms with van der Waals surface area (Å²) >= 11 is 12.4. The Bertz CT molecular complexity index is 703. The topological polar surface area (TPSA) is 74.3 Å². The van der Waals surface area contributed by atoms with Crippen molar-refractivity contribution in [1.82, 2.24) is 0 Å². The van der Waals surface area contributed by atoms with Gasteiger partial charge in [0.1, 0.15) is 18.2 Å². The fraction of sp³-hybridized carbons (Fsp3) is 0.333. The quantitative estimate of drug-likeness (QED) is 0.747. The predicted molar refractivity (Wildman–Crippen MR) is 87.4 cm³/mol. The van der Waals surface area contributed by atoms with Gasteiger partial charge in [-0.1, -0.05) is 23.2 Å². The van der Waals surface area contributed by atoms with Crippen LogP contribution in [0.3, 0.4) is 0 Å². The highest BCUT2D eigenvalue weighted by atomic mass is 35.5. The lowest BCUT2D eigenvalue weighted by molar-refractivity contribution is -0.140. The maximum Gasteiger partial charge on any atom is 0.355 e. The number of rotatable bonds is 4. The minimum atomic E-state index is -0.721. The van der Waals surface area contributed by atoms with Gasteiger partial charge in [0.15, 0.2) is 0 Å². The summed E-state index contributed by atoms with van der Waals surface area (Å²) in [6, 6.07) is 3.01. The van der Waals surface area contributed by atoms with Crippen LogP contribution >= 0.6 is 23.2 Å². The molecule has 1 heterocycles. The Morgan fingerprint density at radius 1 is 1.08 bits per heavy atom. The largest absolute Gasteiger partial charge is 0.495 e. The monoisotopic (exact) mass is 375 g/mol. The van der Waals surface area contributed by atoms with E-state index in [0.717, 1.165) is 0 Å². The van der Waals surface area contributed by atoms with Gasteiger partial charge in [-0.3, -0.25) is 0 Å². The molecule has 1 aliphatic rings. The fourth-order valence-electron chi connectivity index (χ4n) is 2.22. The predicted octanol–water partition coefficient (Wildman–Crippen LogP) is 2.40. The van der Waals surface area contributed by atoms with Crippen molar-refractivity contribution in [2.75, 3.05) is 39.6 Å². The van der Waals surface area contributed by atoms with Crippen LogP contribution in [0.4, 0.5) is 5.69 Å². The average molecular weight is 376 g/mol. The lowest BCUT2D eigenvalue weighted by atomic mass is 10.1. The Morgan fingerprint density at radius 2 is 1.75 bits per heavy atom. The number of benzene rings is 1. The summed E-state index contributed by atoms with van der Waals surface area (Å²) in [7, 11) is 3.87. The van der Waals surface area contributed by atoms with Crippen molar-refractivity contribution in [3.05, 3.63) is 33.4 Å². The Kier molecular flexibility index (Phi) is 5.93. The Morgan fingerprint density at radius 3 is 2.33 bits per heavy atom. The molecule has 0 amide bonds. The lowest BCUT2D eigenvalue weighted by Gasteiger charge is -2.32. The standard InChI is InChI=1S/C15H15Cl2NO6/c1-21-12-5-9(16)11(4-10(12)17)18-7-24-6-8(14(19)22-2)13(18)15(20)23-3/h4-5H,6-7H2,1-3H3. The van der Waals surface area contributed by atoms with Crippen LogP contribution in [0.2, 0.25) is 10.0 Å². The van der Waals surface area contributed by atoms with Crippen molar-refractivity contribution in [1.29, 1.82) is 0 Å². The van der Waals surface area contributed by atoms with E-state index in [1.165, 1.54) is 38.4 Å². The fourth-order valence-corrected chi connectivity index (χ4v) is 2.71. The van der Waals surface area contributed by atoms with Gasteiger partial charge >= 0.3 is 11.9 Å². The number of esters is 2. The van der Waals surface area contributed by atoms with Crippen molar-refractivity contribution in [3.8, 4) is 5.75 Å². The highest BCUT2D eigenvalue weighted by molar-refractivity contribution is 6.36. The third-order valence-corrected chi connectivity index (χ3v) is 3.94. The molecule has 1 aromatic carbocycles. The molecule has 7 nitrogen and oxygen atoms in total. The molecule has 2 rings (SSSR count). The van der Waals surface area contributed by atoms with Gasteiger partial charge in [0, 0.05) is 6.07 Å². The molecule has 9 heteroatoms. The zero-order valence-electron chi connectivity index (χ0n) is 13.2. The summed E-state index contributed by atoms with van der Waals surface area (Å²) in [5.74, 6) is -1.04. The van der Waals surface area contributed by atoms with Gasteiger partial charge in [-0.2, -0.15) is 0 Å². The molecule has 0 N–H and O–H groups in total. The molecular formula is C15H15Cl2NO6. The van der Waals surface area contributed by atoms with E-state index in [4.69, 9.17) is 42.1 Å². The first-order chi connectivity index (χ1) is 11.4. The van der Waals surface area contributed by atoms with Crippen LogP contribution in [-0.4, -0.2) is 46.6 Å². The number of anilines is 1. The van der Waals surface area contributed by atoms with E-state index in [1.807, 2.05) is 0 Å². The molecule has 0 spiro atoms. The first-order valence-electron chi connectivity index (χ1n) is 6.72. The Labute approximate surface area is 148 Å². The van der Waals surface area contributed by atoms with E-state index in [0.29, 0.717) is 11.4 Å². The molecule has 130 valence electrons. The van der Waals surface area contributed by atoms with E-state index < -0.39 is 11.9 Å². The molecule has 0 fully saturated rings. The zero-order chi connectivity index (χ0) is 17.9. The van der Waals surface area contributed by atoms with Gasteiger partial charge < -0.3 is 23.8 Å². The molecular weight excluding hydrogens is 361 g/mol. The second-order valence-corrected chi connectivity index (χ2v) is 5.47. The number of halogens is 2. The second-order valence-electron chi connectivity index (χ2n) is 4.65. The first kappa shape index (κ1) is 18.4. The molecule has 0 atom stereocenters. The van der Waals surface area contributed by atoms with E-state index >= 15 is 0 Å². The van der Waals surface area contributed by atoms with Crippen LogP contribution in [0.15, 0.2) is 23.4 Å². The van der Waals surface area contributed by atoms with Crippen molar-refractivity contribution in [3.63, 3.8) is 0 Å². The summed E-state index contributed by atoms with van der Waals surface area (Å²) < 4.78 is 19.9.